The molecule has 39 heteroatoms. The zero-order chi connectivity index (χ0) is 50.9. The summed E-state index contributed by atoms with van der Waals surface area (Å²) in [6.45, 7) is 11.5. The van der Waals surface area contributed by atoms with Crippen LogP contribution in [-0.4, -0.2) is 179 Å². The summed E-state index contributed by atoms with van der Waals surface area (Å²) in [6.07, 6.45) is 1.15. The first-order valence-electron chi connectivity index (χ1n) is 18.1. The maximum Gasteiger partial charge on any atom is 0.343 e. The highest BCUT2D eigenvalue weighted by molar-refractivity contribution is 6.36. The van der Waals surface area contributed by atoms with Crippen LogP contribution in [0, 0.1) is 11.5 Å². The second kappa shape index (κ2) is 40.7. The number of carbonyl (C=O) groups is 8. The number of hydroxylamine groups is 1. The zero-order valence-corrected chi connectivity index (χ0v) is 35.4. The number of nitriles is 1. The van der Waals surface area contributed by atoms with Gasteiger partial charge in [0.05, 0.1) is 73.1 Å². The SMILES string of the molecule is C1CN2CNNCN2CN1.C1N2CN3CN1CN(C2)C3.N#CONC=O.NC(N)=O.NCC(=O)C(=O)NN.NCC(=O)O.NNC(=O)CC(=O)NN.NNC(=O)NN.O=c1ccc(=O)[nH][nH]1. The summed E-state index contributed by atoms with van der Waals surface area (Å²) in [5, 5.41) is 27.2. The van der Waals surface area contributed by atoms with Crippen molar-refractivity contribution in [1.82, 2.24) is 88.6 Å². The predicted molar refractivity (Wildman–Crippen MR) is 224 cm³/mol. The number of Topliss-reactive ketones (excluding diaryl/α,β-unsaturated/α-hetero) is 1. The lowest BCUT2D eigenvalue weighted by Crippen LogP contribution is -2.71. The van der Waals surface area contributed by atoms with Crippen molar-refractivity contribution in [2.75, 3.05) is 86.2 Å². The number of H-pyrrole nitrogens is 2. The van der Waals surface area contributed by atoms with Crippen molar-refractivity contribution in [3.63, 3.8) is 0 Å². The number of carboxylic acids is 1. The van der Waals surface area contributed by atoms with E-state index in [4.69, 9.17) is 20.9 Å². The Hall–Kier alpha value is -7.11. The summed E-state index contributed by atoms with van der Waals surface area (Å²) in [4.78, 5) is 112. The Bertz CT molecular complexity index is 1560. The number of nitrogens with zero attached hydrogens (tertiary/aromatic N) is 7. The molecule has 0 unspecified atom stereocenters. The van der Waals surface area contributed by atoms with E-state index in [0.717, 1.165) is 33.1 Å². The molecular weight excluding hydrogens is 894 g/mol. The van der Waals surface area contributed by atoms with Crippen LogP contribution in [0.3, 0.4) is 0 Å². The smallest absolute Gasteiger partial charge is 0.343 e. The number of amides is 8. The van der Waals surface area contributed by atoms with E-state index in [-0.39, 0.29) is 37.0 Å². The number of nitrogens with one attached hydrogen (secondary N) is 11. The number of primary amides is 2. The van der Waals surface area contributed by atoms with Crippen molar-refractivity contribution in [3.8, 4) is 6.26 Å². The van der Waals surface area contributed by atoms with E-state index in [1.807, 2.05) is 0 Å². The Balaban J connectivity index is -0.000000687. The summed E-state index contributed by atoms with van der Waals surface area (Å²) in [6, 6.07) is 0.896. The van der Waals surface area contributed by atoms with Gasteiger partial charge in [0.1, 0.15) is 6.42 Å². The monoisotopic (exact) mass is 955 g/mol. The van der Waals surface area contributed by atoms with E-state index in [1.54, 1.807) is 32.6 Å². The number of nitrogens with two attached hydrogens (primary N) is 9. The summed E-state index contributed by atoms with van der Waals surface area (Å²) in [7, 11) is 0. The van der Waals surface area contributed by atoms with Crippen LogP contribution >= 0.6 is 0 Å². The molecular formula is C27H61N27O12. The number of hydrogen-bond donors (Lipinski definition) is 21. The molecule has 4 bridgehead atoms. The van der Waals surface area contributed by atoms with Gasteiger partial charge < -0.3 is 33.4 Å². The second-order valence-electron chi connectivity index (χ2n) is 11.9. The van der Waals surface area contributed by atoms with E-state index in [9.17, 15) is 43.2 Å². The lowest BCUT2D eigenvalue weighted by atomic mass is 10.4. The van der Waals surface area contributed by atoms with Gasteiger partial charge in [0.15, 0.2) is 0 Å². The van der Waals surface area contributed by atoms with E-state index in [1.165, 1.54) is 58.4 Å². The lowest BCUT2D eigenvalue weighted by molar-refractivity contribution is -0.194. The molecule has 376 valence electrons. The molecule has 0 aromatic carbocycles. The van der Waals surface area contributed by atoms with Crippen LogP contribution in [0.1, 0.15) is 6.42 Å². The van der Waals surface area contributed by atoms with Crippen molar-refractivity contribution >= 4 is 47.9 Å². The number of ketones is 1. The van der Waals surface area contributed by atoms with Crippen LogP contribution in [0.2, 0.25) is 0 Å². The molecule has 8 amide bonds. The highest BCUT2D eigenvalue weighted by Gasteiger charge is 2.36. The van der Waals surface area contributed by atoms with Crippen molar-refractivity contribution in [2.45, 2.75) is 6.42 Å². The number of hydrogen-bond acceptors (Lipinski definition) is 28. The summed E-state index contributed by atoms with van der Waals surface area (Å²) < 4.78 is 0. The Morgan fingerprint density at radius 1 is 0.712 bits per heavy atom. The molecule has 6 fully saturated rings. The van der Waals surface area contributed by atoms with E-state index >= 15 is 0 Å². The van der Waals surface area contributed by atoms with Crippen molar-refractivity contribution in [3.05, 3.63) is 32.8 Å². The Labute approximate surface area is 373 Å². The maximum absolute atomic E-state index is 10.2. The lowest BCUT2D eigenvalue weighted by Gasteiger charge is -2.56. The van der Waals surface area contributed by atoms with Crippen LogP contribution in [0.4, 0.5) is 9.59 Å². The molecule has 7 rings (SSSR count). The van der Waals surface area contributed by atoms with E-state index < -0.39 is 41.5 Å². The third kappa shape index (κ3) is 36.4. The molecule has 1 aromatic rings. The normalized spacial score (nSPS) is 18.5. The van der Waals surface area contributed by atoms with Crippen LogP contribution in [0.5, 0.6) is 0 Å². The van der Waals surface area contributed by atoms with Gasteiger partial charge in [0.25, 0.3) is 11.1 Å². The van der Waals surface area contributed by atoms with Gasteiger partial charge in [0.2, 0.25) is 24.0 Å². The van der Waals surface area contributed by atoms with Gasteiger partial charge in [-0.25, -0.2) is 59.7 Å². The topological polar surface area (TPSA) is 617 Å². The van der Waals surface area contributed by atoms with Crippen LogP contribution in [0.25, 0.3) is 0 Å². The molecule has 0 radical (unpaired) electrons. The number of urea groups is 2. The highest BCUT2D eigenvalue weighted by atomic mass is 16.6. The summed E-state index contributed by atoms with van der Waals surface area (Å²) in [5.74, 6) is 19.3. The zero-order valence-electron chi connectivity index (χ0n) is 35.4. The molecule has 6 aliphatic rings. The fraction of sp³-hybridized carbons (Fsp3) is 0.519. The molecule has 6 saturated heterocycles. The summed E-state index contributed by atoms with van der Waals surface area (Å²) in [5.41, 5.74) is 33.8. The average Bonchev–Trinajstić information content (AvgIpc) is 3.31. The summed E-state index contributed by atoms with van der Waals surface area (Å²) >= 11 is 0. The van der Waals surface area contributed by atoms with Gasteiger partial charge >= 0.3 is 30.2 Å². The number of fused-ring (bicyclic) bond motifs is 1. The van der Waals surface area contributed by atoms with Crippen LogP contribution < -0.4 is 112 Å². The number of hydrazine groups is 7. The first-order valence-corrected chi connectivity index (χ1v) is 18.1. The van der Waals surface area contributed by atoms with Gasteiger partial charge in [-0.05, 0) is 0 Å². The molecule has 1 aromatic heterocycles. The van der Waals surface area contributed by atoms with Crippen LogP contribution in [0.15, 0.2) is 21.7 Å². The Morgan fingerprint density at radius 2 is 1.12 bits per heavy atom. The fourth-order valence-corrected chi connectivity index (χ4v) is 4.39. The van der Waals surface area contributed by atoms with Gasteiger partial charge in [-0.2, -0.15) is 5.48 Å². The molecule has 7 heterocycles. The molecule has 0 saturated carbocycles. The van der Waals surface area contributed by atoms with Gasteiger partial charge in [0, 0.05) is 25.2 Å². The van der Waals surface area contributed by atoms with E-state index in [2.05, 4.69) is 107 Å². The Morgan fingerprint density at radius 3 is 1.36 bits per heavy atom. The molecule has 6 aliphatic heterocycles. The van der Waals surface area contributed by atoms with Gasteiger partial charge in [-0.15, -0.1) is 5.26 Å². The first-order chi connectivity index (χ1) is 31.3. The maximum atomic E-state index is 10.2. The molecule has 30 N–H and O–H groups in total. The van der Waals surface area contributed by atoms with Crippen molar-refractivity contribution in [2.24, 2.45) is 52.1 Å². The standard InChI is InChI=1S/C6H12N4.C5H13N5.C4H4N2O2.C3H8N4O2.C3H7N3O2.C2H2N2O2.C2H5NO2.CH6N4O.CH4N2O/c1-7-2-9-4-8(1)5-10(3-7)6-9;1-2-9-4-7-8-5-10(9)3-6-1;7-3-1-2-4(8)6-5-3;4-6-2(8)1-3(9)7-5;4-1-2(7)3(8)6-5;3-1-6-4-2-5;3-1-2(4)5;2-4-1(6)5-3;2-1(3)4/h1-6H2;6-8H,1-5H2;1-2H,(H,5,7)(H,6,8);1,4-5H2,(H,6,8)(H,7,9);1,4-5H2,(H,6,8);2H,(H,4,5);1,3H2,(H,4,5);2-3H2,(H2,4,5,6);(H4,2,3,4). The second-order valence-corrected chi connectivity index (χ2v) is 11.9. The number of carboxylic acid groups (broad SMARTS) is 1. The minimum atomic E-state index is -0.968. The molecule has 0 aliphatic carbocycles. The Kier molecular flexibility index (Phi) is 38.9. The predicted octanol–water partition coefficient (Wildman–Crippen LogP) is -13.8. The number of aliphatic carboxylic acids is 1. The van der Waals surface area contributed by atoms with Gasteiger partial charge in [-0.3, -0.25) is 100 Å². The molecule has 39 nitrogen and oxygen atoms in total. The third-order valence-electron chi connectivity index (χ3n) is 6.79. The minimum Gasteiger partial charge on any atom is -0.480 e. The minimum absolute atomic E-state index is 0.267. The largest absolute Gasteiger partial charge is 0.480 e. The van der Waals surface area contributed by atoms with Crippen molar-refractivity contribution in [1.29, 1.82) is 5.26 Å². The molecule has 66 heavy (non-hydrogen) atoms. The van der Waals surface area contributed by atoms with E-state index in [0.29, 0.717) is 0 Å². The average molecular weight is 956 g/mol. The number of aromatic amines is 2. The third-order valence-corrected chi connectivity index (χ3v) is 6.79. The van der Waals surface area contributed by atoms with Crippen molar-refractivity contribution < 1.29 is 48.3 Å². The molecule has 0 spiro atoms. The number of carbonyl (C=O) groups excluding carboxylic acids is 7. The number of aromatic nitrogens is 2. The fourth-order valence-electron chi connectivity index (χ4n) is 4.39. The molecule has 0 atom stereocenters. The first kappa shape index (κ1) is 63.2. The quantitative estimate of drug-likeness (QED) is 0.0176. The van der Waals surface area contributed by atoms with Crippen LogP contribution in [-0.2, 0) is 33.6 Å². The van der Waals surface area contributed by atoms with Gasteiger partial charge in [-0.1, -0.05) is 0 Å². The highest BCUT2D eigenvalue weighted by Crippen LogP contribution is 2.20. The number of rotatable bonds is 7.